The molecule has 4 aromatic rings. The molecule has 1 amide bonds. The molecule has 2 N–H and O–H groups in total. The summed E-state index contributed by atoms with van der Waals surface area (Å²) in [6.07, 6.45) is 1.78. The summed E-state index contributed by atoms with van der Waals surface area (Å²) >= 11 is 5.95. The van der Waals surface area contributed by atoms with Gasteiger partial charge in [0.1, 0.15) is 0 Å². The van der Waals surface area contributed by atoms with Crippen molar-refractivity contribution >= 4 is 40.6 Å². The molecule has 2 atom stereocenters. The number of anilines is 2. The van der Waals surface area contributed by atoms with E-state index in [9.17, 15) is 9.59 Å². The van der Waals surface area contributed by atoms with Crippen LogP contribution >= 0.6 is 12.2 Å². The molecule has 0 unspecified atom stereocenters. The number of carbonyl (C=O) groups excluding carboxylic acids is 2. The minimum Gasteiger partial charge on any atom is -0.465 e. The second-order valence-electron chi connectivity index (χ2n) is 10.8. The van der Waals surface area contributed by atoms with Gasteiger partial charge in [-0.05, 0) is 92.6 Å². The first kappa shape index (κ1) is 29.0. The maximum Gasteiger partial charge on any atom is 0.339 e. The lowest BCUT2D eigenvalue weighted by molar-refractivity contribution is -0.118. The van der Waals surface area contributed by atoms with Gasteiger partial charge in [-0.2, -0.15) is 0 Å². The second-order valence-corrected chi connectivity index (χ2v) is 11.2. The van der Waals surface area contributed by atoms with E-state index in [2.05, 4.69) is 38.1 Å². The zero-order valence-corrected chi connectivity index (χ0v) is 25.5. The summed E-state index contributed by atoms with van der Waals surface area (Å²) in [5.74, 6) is -0.545. The zero-order valence-electron chi connectivity index (χ0n) is 24.6. The molecule has 0 radical (unpaired) electrons. The Morgan fingerprint density at radius 3 is 2.43 bits per heavy atom. The number of benzene rings is 2. The lowest BCUT2D eigenvalue weighted by Crippen LogP contribution is -2.29. The first-order chi connectivity index (χ1) is 20.1. The predicted octanol–water partition coefficient (Wildman–Crippen LogP) is 6.36. The molecular formula is C33H35N5O3S. The number of hydrogen-bond acceptors (Lipinski definition) is 5. The van der Waals surface area contributed by atoms with Gasteiger partial charge in [0, 0.05) is 34.9 Å². The Kier molecular flexibility index (Phi) is 8.13. The summed E-state index contributed by atoms with van der Waals surface area (Å²) in [6, 6.07) is 20.9. The quantitative estimate of drug-likeness (QED) is 0.194. The van der Waals surface area contributed by atoms with Crippen LogP contribution in [0.3, 0.4) is 0 Å². The number of pyridine rings is 1. The molecule has 3 heterocycles. The van der Waals surface area contributed by atoms with E-state index in [1.165, 1.54) is 7.11 Å². The third kappa shape index (κ3) is 5.27. The number of amides is 1. The van der Waals surface area contributed by atoms with Crippen LogP contribution in [-0.2, 0) is 9.53 Å². The van der Waals surface area contributed by atoms with Gasteiger partial charge in [-0.1, -0.05) is 32.0 Å². The number of rotatable bonds is 7. The van der Waals surface area contributed by atoms with Crippen molar-refractivity contribution in [2.45, 2.75) is 46.7 Å². The molecule has 0 saturated carbocycles. The molecule has 2 aromatic carbocycles. The number of thiocarbonyl (C=S) groups is 1. The fraction of sp³-hybridized carbons (Fsp3) is 0.273. The largest absolute Gasteiger partial charge is 0.465 e. The molecule has 0 aliphatic carbocycles. The van der Waals surface area contributed by atoms with Crippen LogP contribution in [0.25, 0.3) is 5.69 Å². The average Bonchev–Trinajstić information content (AvgIpc) is 3.48. The summed E-state index contributed by atoms with van der Waals surface area (Å²) in [5.41, 5.74) is 7.70. The Balaban J connectivity index is 1.64. The highest BCUT2D eigenvalue weighted by Crippen LogP contribution is 2.44. The van der Waals surface area contributed by atoms with Gasteiger partial charge in [-0.3, -0.25) is 9.78 Å². The standard InChI is InChI=1S/C33H35N5O3S/c1-19(2)31(39)35-26-15-14-23(17-20(26)3)38-30(29(36-33(38)42)27-12-9-10-16-34-27)25-18-21(4)37(22(25)5)28-13-8-7-11-24(28)32(40)41-6/h7-19,29-30H,1-6H3,(H,35,39)(H,36,42)/t29-,30+/m0/s1. The van der Waals surface area contributed by atoms with Crippen LogP contribution in [0.15, 0.2) is 72.9 Å². The van der Waals surface area contributed by atoms with Crippen molar-refractivity contribution in [3.05, 3.63) is 107 Å². The molecule has 2 aromatic heterocycles. The van der Waals surface area contributed by atoms with Crippen LogP contribution in [-0.4, -0.2) is 33.6 Å². The van der Waals surface area contributed by atoms with Gasteiger partial charge in [-0.25, -0.2) is 4.79 Å². The molecule has 5 rings (SSSR count). The average molecular weight is 582 g/mol. The van der Waals surface area contributed by atoms with Crippen molar-refractivity contribution in [1.29, 1.82) is 0 Å². The minimum absolute atomic E-state index is 0.0306. The predicted molar refractivity (Wildman–Crippen MR) is 169 cm³/mol. The van der Waals surface area contributed by atoms with Crippen LogP contribution in [0.4, 0.5) is 11.4 Å². The Hall–Kier alpha value is -4.50. The Morgan fingerprint density at radius 1 is 1.02 bits per heavy atom. The number of para-hydroxylation sites is 1. The van der Waals surface area contributed by atoms with Gasteiger partial charge in [-0.15, -0.1) is 0 Å². The molecule has 1 saturated heterocycles. The summed E-state index contributed by atoms with van der Waals surface area (Å²) in [7, 11) is 1.39. The summed E-state index contributed by atoms with van der Waals surface area (Å²) in [5, 5.41) is 7.12. The fourth-order valence-electron chi connectivity index (χ4n) is 5.57. The molecule has 0 spiro atoms. The van der Waals surface area contributed by atoms with E-state index in [0.29, 0.717) is 10.7 Å². The van der Waals surface area contributed by atoms with E-state index in [1.54, 1.807) is 12.3 Å². The molecule has 0 bridgehead atoms. The molecule has 8 nitrogen and oxygen atoms in total. The second kappa shape index (κ2) is 11.8. The molecule has 9 heteroatoms. The highest BCUT2D eigenvalue weighted by atomic mass is 32.1. The van der Waals surface area contributed by atoms with Crippen molar-refractivity contribution in [3.63, 3.8) is 0 Å². The molecule has 42 heavy (non-hydrogen) atoms. The van der Waals surface area contributed by atoms with E-state index in [-0.39, 0.29) is 23.9 Å². The maximum absolute atomic E-state index is 12.7. The van der Waals surface area contributed by atoms with Crippen LogP contribution in [0.2, 0.25) is 0 Å². The molecule has 216 valence electrons. The van der Waals surface area contributed by atoms with E-state index in [0.717, 1.165) is 45.3 Å². The normalized spacial score (nSPS) is 16.5. The number of aryl methyl sites for hydroxylation is 2. The summed E-state index contributed by atoms with van der Waals surface area (Å²) in [6.45, 7) is 9.81. The third-order valence-electron chi connectivity index (χ3n) is 7.71. The fourth-order valence-corrected chi connectivity index (χ4v) is 5.92. The number of ether oxygens (including phenoxy) is 1. The Labute approximate surface area is 251 Å². The minimum atomic E-state index is -0.392. The van der Waals surface area contributed by atoms with Crippen molar-refractivity contribution in [2.24, 2.45) is 5.92 Å². The first-order valence-corrected chi connectivity index (χ1v) is 14.3. The van der Waals surface area contributed by atoms with Crippen LogP contribution in [0.5, 0.6) is 0 Å². The van der Waals surface area contributed by atoms with E-state index in [4.69, 9.17) is 17.0 Å². The highest BCUT2D eigenvalue weighted by molar-refractivity contribution is 7.80. The monoisotopic (exact) mass is 581 g/mol. The number of hydrogen-bond donors (Lipinski definition) is 2. The van der Waals surface area contributed by atoms with E-state index < -0.39 is 5.97 Å². The number of carbonyl (C=O) groups is 2. The van der Waals surface area contributed by atoms with E-state index >= 15 is 0 Å². The number of methoxy groups -OCH3 is 1. The van der Waals surface area contributed by atoms with Gasteiger partial charge in [0.05, 0.1) is 36.1 Å². The first-order valence-electron chi connectivity index (χ1n) is 13.9. The number of aromatic nitrogens is 2. The van der Waals surface area contributed by atoms with Gasteiger partial charge in [0.25, 0.3) is 0 Å². The maximum atomic E-state index is 12.7. The van der Waals surface area contributed by atoms with Gasteiger partial charge >= 0.3 is 5.97 Å². The molecule has 1 aliphatic heterocycles. The molecule has 1 fully saturated rings. The van der Waals surface area contributed by atoms with E-state index in [1.807, 2.05) is 82.3 Å². The Morgan fingerprint density at radius 2 is 1.76 bits per heavy atom. The number of esters is 1. The third-order valence-corrected chi connectivity index (χ3v) is 8.02. The SMILES string of the molecule is COC(=O)c1ccccc1-n1c(C)cc([C@@H]2[C@H](c3ccccn3)NC(=S)N2c2ccc(NC(=O)C(C)C)c(C)c2)c1C. The number of nitrogens with zero attached hydrogens (tertiary/aromatic N) is 3. The van der Waals surface area contributed by atoms with Crippen LogP contribution in [0, 0.1) is 26.7 Å². The van der Waals surface area contributed by atoms with Crippen LogP contribution < -0.4 is 15.5 Å². The van der Waals surface area contributed by atoms with Crippen molar-refractivity contribution < 1.29 is 14.3 Å². The smallest absolute Gasteiger partial charge is 0.339 e. The van der Waals surface area contributed by atoms with Gasteiger partial charge in [0.2, 0.25) is 5.91 Å². The van der Waals surface area contributed by atoms with Crippen LogP contribution in [0.1, 0.15) is 64.5 Å². The zero-order chi connectivity index (χ0) is 30.1. The summed E-state index contributed by atoms with van der Waals surface area (Å²) in [4.78, 5) is 31.8. The molecular weight excluding hydrogens is 546 g/mol. The molecule has 1 aliphatic rings. The van der Waals surface area contributed by atoms with Gasteiger partial charge < -0.3 is 24.8 Å². The lowest BCUT2D eigenvalue weighted by atomic mass is 9.96. The van der Waals surface area contributed by atoms with Crippen molar-refractivity contribution in [1.82, 2.24) is 14.9 Å². The Bertz CT molecular complexity index is 1660. The van der Waals surface area contributed by atoms with Gasteiger partial charge in [0.15, 0.2) is 5.11 Å². The summed E-state index contributed by atoms with van der Waals surface area (Å²) < 4.78 is 7.17. The van der Waals surface area contributed by atoms with Crippen molar-refractivity contribution in [2.75, 3.05) is 17.3 Å². The lowest BCUT2D eigenvalue weighted by Gasteiger charge is -2.29. The number of nitrogens with one attached hydrogen (secondary N) is 2. The topological polar surface area (TPSA) is 88.5 Å². The van der Waals surface area contributed by atoms with Crippen molar-refractivity contribution in [3.8, 4) is 5.69 Å². The highest BCUT2D eigenvalue weighted by Gasteiger charge is 2.42.